The highest BCUT2D eigenvalue weighted by Crippen LogP contribution is 2.32. The first-order valence-electron chi connectivity index (χ1n) is 7.27. The van der Waals surface area contributed by atoms with E-state index < -0.39 is 0 Å². The molecule has 0 radical (unpaired) electrons. The molecule has 2 fully saturated rings. The fourth-order valence-electron chi connectivity index (χ4n) is 2.95. The number of nitrogens with one attached hydrogen (secondary N) is 2. The number of hydrogen-bond donors (Lipinski definition) is 2. The van der Waals surface area contributed by atoms with Gasteiger partial charge in [-0.2, -0.15) is 4.98 Å². The van der Waals surface area contributed by atoms with Gasteiger partial charge >= 0.3 is 0 Å². The molecule has 4 rings (SSSR count). The molecule has 1 unspecified atom stereocenters. The van der Waals surface area contributed by atoms with Crippen molar-refractivity contribution < 1.29 is 0 Å². The lowest BCUT2D eigenvalue weighted by Crippen LogP contribution is -2.28. The van der Waals surface area contributed by atoms with Crippen molar-refractivity contribution in [2.75, 3.05) is 30.8 Å². The lowest BCUT2D eigenvalue weighted by Gasteiger charge is -2.17. The number of anilines is 2. The third-order valence-corrected chi connectivity index (χ3v) is 4.98. The van der Waals surface area contributed by atoms with E-state index in [1.165, 1.54) is 25.8 Å². The Balaban J connectivity index is 1.56. The highest BCUT2D eigenvalue weighted by atomic mass is 32.1. The molecule has 0 amide bonds. The summed E-state index contributed by atoms with van der Waals surface area (Å²) in [5.74, 6) is 1.67. The number of aromatic nitrogens is 2. The highest BCUT2D eigenvalue weighted by molar-refractivity contribution is 7.16. The lowest BCUT2D eigenvalue weighted by atomic mass is 10.2. The summed E-state index contributed by atoms with van der Waals surface area (Å²) >= 11 is 1.66. The van der Waals surface area contributed by atoms with Crippen molar-refractivity contribution in [3.8, 4) is 0 Å². The largest absolute Gasteiger partial charge is 0.365 e. The molecule has 1 saturated carbocycles. The number of nitrogens with zero attached hydrogens (tertiary/aromatic N) is 3. The molecule has 2 aromatic heterocycles. The van der Waals surface area contributed by atoms with Crippen LogP contribution in [0.3, 0.4) is 0 Å². The smallest absolute Gasteiger partial charge is 0.225 e. The van der Waals surface area contributed by atoms with Crippen LogP contribution in [0.2, 0.25) is 0 Å². The zero-order chi connectivity index (χ0) is 13.5. The van der Waals surface area contributed by atoms with E-state index in [9.17, 15) is 0 Å². The fraction of sp³-hybridized carbons (Fsp3) is 0.571. The minimum Gasteiger partial charge on any atom is -0.365 e. The third kappa shape index (κ3) is 2.23. The van der Waals surface area contributed by atoms with Gasteiger partial charge in [-0.3, -0.25) is 4.90 Å². The number of fused-ring (bicyclic) bond motifs is 1. The summed E-state index contributed by atoms with van der Waals surface area (Å²) in [6.07, 6.45) is 3.98. The van der Waals surface area contributed by atoms with Crippen LogP contribution in [-0.2, 0) is 0 Å². The monoisotopic (exact) mass is 289 g/mol. The average molecular weight is 289 g/mol. The maximum atomic E-state index is 4.60. The molecule has 0 bridgehead atoms. The van der Waals surface area contributed by atoms with Gasteiger partial charge in [0, 0.05) is 32.2 Å². The molecule has 2 N–H and O–H groups in total. The van der Waals surface area contributed by atoms with E-state index in [-0.39, 0.29) is 0 Å². The number of thiophene rings is 1. The van der Waals surface area contributed by atoms with Crippen molar-refractivity contribution in [1.82, 2.24) is 14.9 Å². The van der Waals surface area contributed by atoms with Crippen molar-refractivity contribution in [2.45, 2.75) is 31.3 Å². The van der Waals surface area contributed by atoms with Gasteiger partial charge in [0.15, 0.2) is 0 Å². The second kappa shape index (κ2) is 4.86. The van der Waals surface area contributed by atoms with E-state index in [2.05, 4.69) is 36.9 Å². The average Bonchev–Trinajstić information content (AvgIpc) is 3.02. The van der Waals surface area contributed by atoms with Gasteiger partial charge in [-0.25, -0.2) is 4.98 Å². The van der Waals surface area contributed by atoms with Crippen LogP contribution in [0.1, 0.15) is 19.3 Å². The van der Waals surface area contributed by atoms with Gasteiger partial charge in [0.1, 0.15) is 10.6 Å². The van der Waals surface area contributed by atoms with Crippen LogP contribution in [-0.4, -0.2) is 47.1 Å². The Labute approximate surface area is 122 Å². The number of rotatable bonds is 4. The van der Waals surface area contributed by atoms with Gasteiger partial charge in [0.05, 0.1) is 5.39 Å². The molecule has 1 aliphatic carbocycles. The molecular formula is C14H19N5S. The van der Waals surface area contributed by atoms with Crippen LogP contribution in [0.4, 0.5) is 11.8 Å². The van der Waals surface area contributed by atoms with Gasteiger partial charge in [0.2, 0.25) is 5.95 Å². The Morgan fingerprint density at radius 3 is 3.00 bits per heavy atom. The lowest BCUT2D eigenvalue weighted by molar-refractivity contribution is 0.326. The Morgan fingerprint density at radius 1 is 1.30 bits per heavy atom. The Kier molecular flexibility index (Phi) is 3.00. The second-order valence-corrected chi connectivity index (χ2v) is 6.54. The van der Waals surface area contributed by atoms with Crippen molar-refractivity contribution in [3.05, 3.63) is 11.4 Å². The normalized spacial score (nSPS) is 23.4. The zero-order valence-electron chi connectivity index (χ0n) is 11.6. The molecule has 2 aliphatic rings. The van der Waals surface area contributed by atoms with Gasteiger partial charge in [0.25, 0.3) is 0 Å². The number of hydrogen-bond acceptors (Lipinski definition) is 6. The van der Waals surface area contributed by atoms with Crippen LogP contribution >= 0.6 is 11.3 Å². The molecule has 5 nitrogen and oxygen atoms in total. The maximum Gasteiger partial charge on any atom is 0.225 e. The van der Waals surface area contributed by atoms with Gasteiger partial charge in [-0.1, -0.05) is 0 Å². The maximum absolute atomic E-state index is 4.60. The van der Waals surface area contributed by atoms with Crippen LogP contribution in [0.15, 0.2) is 11.4 Å². The SMILES string of the molecule is CNc1nc(NC2CCN(C3CC3)C2)c2ccsc2n1. The van der Waals surface area contributed by atoms with Gasteiger partial charge < -0.3 is 10.6 Å². The molecular weight excluding hydrogens is 270 g/mol. The van der Waals surface area contributed by atoms with Gasteiger partial charge in [-0.15, -0.1) is 11.3 Å². The summed E-state index contributed by atoms with van der Waals surface area (Å²) in [5.41, 5.74) is 0. The second-order valence-electron chi connectivity index (χ2n) is 5.64. The van der Waals surface area contributed by atoms with Crippen molar-refractivity contribution >= 4 is 33.3 Å². The Morgan fingerprint density at radius 2 is 2.20 bits per heavy atom. The predicted molar refractivity (Wildman–Crippen MR) is 83.6 cm³/mol. The zero-order valence-corrected chi connectivity index (χ0v) is 12.4. The van der Waals surface area contributed by atoms with E-state index in [0.29, 0.717) is 12.0 Å². The summed E-state index contributed by atoms with van der Waals surface area (Å²) < 4.78 is 0. The van der Waals surface area contributed by atoms with Gasteiger partial charge in [-0.05, 0) is 30.7 Å². The van der Waals surface area contributed by atoms with E-state index in [4.69, 9.17) is 0 Å². The quantitative estimate of drug-likeness (QED) is 0.905. The molecule has 1 aliphatic heterocycles. The Bertz CT molecular complexity index is 621. The topological polar surface area (TPSA) is 53.1 Å². The summed E-state index contributed by atoms with van der Waals surface area (Å²) in [6.45, 7) is 2.37. The first kappa shape index (κ1) is 12.3. The summed E-state index contributed by atoms with van der Waals surface area (Å²) in [6, 6.07) is 3.48. The molecule has 20 heavy (non-hydrogen) atoms. The summed E-state index contributed by atoms with van der Waals surface area (Å²) in [7, 11) is 1.86. The predicted octanol–water partition coefficient (Wildman–Crippen LogP) is 2.38. The van der Waals surface area contributed by atoms with Crippen LogP contribution < -0.4 is 10.6 Å². The molecule has 6 heteroatoms. The molecule has 3 heterocycles. The van der Waals surface area contributed by atoms with Crippen LogP contribution in [0, 0.1) is 0 Å². The van der Waals surface area contributed by atoms with Crippen LogP contribution in [0.5, 0.6) is 0 Å². The van der Waals surface area contributed by atoms with Crippen molar-refractivity contribution in [3.63, 3.8) is 0 Å². The van der Waals surface area contributed by atoms with Crippen molar-refractivity contribution in [1.29, 1.82) is 0 Å². The first-order chi connectivity index (χ1) is 9.83. The molecule has 106 valence electrons. The minimum absolute atomic E-state index is 0.512. The molecule has 1 atom stereocenters. The third-order valence-electron chi connectivity index (χ3n) is 4.17. The van der Waals surface area contributed by atoms with E-state index in [1.54, 1.807) is 11.3 Å². The number of likely N-dealkylation sites (tertiary alicyclic amines) is 1. The van der Waals surface area contributed by atoms with E-state index in [0.717, 1.165) is 28.6 Å². The minimum atomic E-state index is 0.512. The van der Waals surface area contributed by atoms with E-state index in [1.807, 2.05) is 7.05 Å². The standard InChI is InChI=1S/C14H19N5S/c1-15-14-17-12(11-5-7-20-13(11)18-14)16-9-4-6-19(8-9)10-2-3-10/h5,7,9-10H,2-4,6,8H2,1H3,(H2,15,16,17,18). The summed E-state index contributed by atoms with van der Waals surface area (Å²) in [5, 5.41) is 9.89. The fourth-order valence-corrected chi connectivity index (χ4v) is 3.71. The molecule has 0 spiro atoms. The van der Waals surface area contributed by atoms with Crippen molar-refractivity contribution in [2.24, 2.45) is 0 Å². The highest BCUT2D eigenvalue weighted by Gasteiger charge is 2.34. The van der Waals surface area contributed by atoms with Crippen LogP contribution in [0.25, 0.3) is 10.2 Å². The van der Waals surface area contributed by atoms with E-state index >= 15 is 0 Å². The Hall–Kier alpha value is -1.40. The molecule has 0 aromatic carbocycles. The summed E-state index contributed by atoms with van der Waals surface area (Å²) in [4.78, 5) is 12.7. The first-order valence-corrected chi connectivity index (χ1v) is 8.15. The molecule has 1 saturated heterocycles. The molecule has 2 aromatic rings.